The molecule has 0 saturated carbocycles. The minimum atomic E-state index is 0.896. The SMILES string of the molecule is CCC1=C(CC)C2=NC1=CC1=NC(=CC3=NC(=C(CC)C4=NC(=C2CC)C(CC)=C4CC)C(CC)=C3CC)C=C1. The molecule has 0 unspecified atom stereocenters. The molecule has 40 heavy (non-hydrogen) atoms. The molecule has 208 valence electrons. The van der Waals surface area contributed by atoms with Crippen LogP contribution in [-0.2, 0) is 0 Å². The lowest BCUT2D eigenvalue weighted by atomic mass is 9.88. The van der Waals surface area contributed by atoms with Gasteiger partial charge in [-0.3, -0.25) is 0 Å². The van der Waals surface area contributed by atoms with E-state index in [0.717, 1.165) is 97.0 Å². The minimum absolute atomic E-state index is 0.896. The van der Waals surface area contributed by atoms with Crippen LogP contribution in [0.5, 0.6) is 0 Å². The van der Waals surface area contributed by atoms with Gasteiger partial charge in [-0.2, -0.15) is 0 Å². The summed E-state index contributed by atoms with van der Waals surface area (Å²) in [5.74, 6) is 0. The number of hydrogen-bond acceptors (Lipinski definition) is 4. The van der Waals surface area contributed by atoms with Gasteiger partial charge in [-0.15, -0.1) is 0 Å². The molecule has 0 N–H and O–H groups in total. The van der Waals surface area contributed by atoms with Gasteiger partial charge in [-0.1, -0.05) is 55.4 Å². The van der Waals surface area contributed by atoms with Crippen LogP contribution in [0.3, 0.4) is 0 Å². The first kappa shape index (κ1) is 28.1. The molecule has 0 spiro atoms. The highest BCUT2D eigenvalue weighted by Crippen LogP contribution is 2.43. The maximum absolute atomic E-state index is 5.54. The molecule has 0 atom stereocenters. The Labute approximate surface area is 241 Å². The lowest BCUT2D eigenvalue weighted by molar-refractivity contribution is 1.02. The Bertz CT molecular complexity index is 1530. The van der Waals surface area contributed by atoms with E-state index >= 15 is 0 Å². The van der Waals surface area contributed by atoms with E-state index in [-0.39, 0.29) is 0 Å². The van der Waals surface area contributed by atoms with Gasteiger partial charge in [0.25, 0.3) is 0 Å². The molecule has 0 saturated heterocycles. The summed E-state index contributed by atoms with van der Waals surface area (Å²) in [5, 5.41) is 0. The third-order valence-corrected chi connectivity index (χ3v) is 8.77. The van der Waals surface area contributed by atoms with E-state index in [9.17, 15) is 0 Å². The molecule has 0 radical (unpaired) electrons. The predicted octanol–water partition coefficient (Wildman–Crippen LogP) is 9.82. The number of aliphatic imine (C=N–C) groups is 4. The lowest BCUT2D eigenvalue weighted by Gasteiger charge is -2.14. The number of rotatable bonds is 8. The van der Waals surface area contributed by atoms with Gasteiger partial charge in [0, 0.05) is 11.1 Å². The second kappa shape index (κ2) is 11.6. The summed E-state index contributed by atoms with van der Waals surface area (Å²) in [6.45, 7) is 18.1. The monoisotopic (exact) mass is 532 g/mol. The maximum atomic E-state index is 5.54. The quantitative estimate of drug-likeness (QED) is 0.299. The number of hydrogen-bond donors (Lipinski definition) is 0. The van der Waals surface area contributed by atoms with Gasteiger partial charge in [0.05, 0.1) is 45.6 Å². The number of fused-ring (bicyclic) bond motifs is 4. The van der Waals surface area contributed by atoms with Crippen LogP contribution in [0.15, 0.2) is 112 Å². The van der Waals surface area contributed by atoms with Crippen LogP contribution in [-0.4, -0.2) is 22.8 Å². The van der Waals surface area contributed by atoms with E-state index in [1.54, 1.807) is 0 Å². The van der Waals surface area contributed by atoms with Crippen LogP contribution < -0.4 is 0 Å². The average molecular weight is 533 g/mol. The van der Waals surface area contributed by atoms with E-state index in [1.807, 2.05) is 0 Å². The smallest absolute Gasteiger partial charge is 0.0726 e. The second-order valence-electron chi connectivity index (χ2n) is 10.7. The van der Waals surface area contributed by atoms with E-state index in [2.05, 4.69) is 79.7 Å². The van der Waals surface area contributed by atoms with Crippen molar-refractivity contribution in [2.75, 3.05) is 0 Å². The van der Waals surface area contributed by atoms with Crippen LogP contribution in [0.25, 0.3) is 0 Å². The molecule has 4 heteroatoms. The third kappa shape index (κ3) is 4.46. The van der Waals surface area contributed by atoms with Gasteiger partial charge in [0.15, 0.2) is 0 Å². The second-order valence-corrected chi connectivity index (χ2v) is 10.7. The predicted molar refractivity (Wildman–Crippen MR) is 173 cm³/mol. The van der Waals surface area contributed by atoms with Crippen molar-refractivity contribution in [2.24, 2.45) is 20.0 Å². The Morgan fingerprint density at radius 1 is 0.425 bits per heavy atom. The van der Waals surface area contributed by atoms with Crippen molar-refractivity contribution < 1.29 is 0 Å². The number of allylic oxidation sites excluding steroid dienone is 12. The molecule has 5 heterocycles. The Hall–Kier alpha value is -3.40. The fraction of sp³-hybridized carbons (Fsp3) is 0.444. The van der Waals surface area contributed by atoms with Gasteiger partial charge < -0.3 is 0 Å². The number of nitrogens with zero attached hydrogens (tertiary/aromatic N) is 4. The molecule has 5 aliphatic rings. The highest BCUT2D eigenvalue weighted by Gasteiger charge is 2.33. The van der Waals surface area contributed by atoms with Gasteiger partial charge in [-0.25, -0.2) is 20.0 Å². The normalized spacial score (nSPS) is 20.6. The summed E-state index contributed by atoms with van der Waals surface area (Å²) in [4.78, 5) is 21.2. The Kier molecular flexibility index (Phi) is 8.16. The Morgan fingerprint density at radius 3 is 1.50 bits per heavy atom. The standard InChI is InChI=1S/C36H44N4/c1-9-23-25(11-3)33-29(15-7)35-27(13-5)28(14-6)36(40-35)30(16-8)34-26(12-4)24(10-2)32(39-34)20-22-18-17-21(37-22)19-31(23)38-33/h17-20H,9-16H2,1-8H3. The molecule has 0 aromatic heterocycles. The fourth-order valence-corrected chi connectivity index (χ4v) is 6.92. The Balaban J connectivity index is 1.91. The molecular formula is C36H44N4. The van der Waals surface area contributed by atoms with Crippen molar-refractivity contribution in [2.45, 2.75) is 107 Å². The van der Waals surface area contributed by atoms with Crippen molar-refractivity contribution >= 4 is 22.8 Å². The van der Waals surface area contributed by atoms with Gasteiger partial charge in [-0.05, 0) is 109 Å². The third-order valence-electron chi connectivity index (χ3n) is 8.77. The van der Waals surface area contributed by atoms with E-state index in [0.29, 0.717) is 0 Å². The van der Waals surface area contributed by atoms with Crippen LogP contribution in [0.1, 0.15) is 107 Å². The first-order valence-electron chi connectivity index (χ1n) is 15.6. The average Bonchev–Trinajstić information content (AvgIpc) is 3.73. The molecule has 5 aliphatic heterocycles. The molecular weight excluding hydrogens is 488 g/mol. The highest BCUT2D eigenvalue weighted by atomic mass is 14.9. The zero-order valence-corrected chi connectivity index (χ0v) is 25.8. The summed E-state index contributed by atoms with van der Waals surface area (Å²) < 4.78 is 0. The molecule has 8 bridgehead atoms. The fourth-order valence-electron chi connectivity index (χ4n) is 6.92. The summed E-state index contributed by atoms with van der Waals surface area (Å²) in [5.41, 5.74) is 19.3. The van der Waals surface area contributed by atoms with Crippen LogP contribution >= 0.6 is 0 Å². The maximum Gasteiger partial charge on any atom is 0.0726 e. The molecule has 0 amide bonds. The molecule has 0 aliphatic carbocycles. The summed E-state index contributed by atoms with van der Waals surface area (Å²) >= 11 is 0. The summed E-state index contributed by atoms with van der Waals surface area (Å²) in [6.07, 6.45) is 16.1. The molecule has 0 aromatic carbocycles. The summed E-state index contributed by atoms with van der Waals surface area (Å²) in [7, 11) is 0. The van der Waals surface area contributed by atoms with E-state index in [4.69, 9.17) is 20.0 Å². The molecule has 0 aromatic rings. The largest absolute Gasteiger partial charge is 0.249 e. The van der Waals surface area contributed by atoms with Crippen LogP contribution in [0.4, 0.5) is 0 Å². The van der Waals surface area contributed by atoms with Crippen LogP contribution in [0.2, 0.25) is 0 Å². The van der Waals surface area contributed by atoms with Crippen LogP contribution in [0, 0.1) is 0 Å². The minimum Gasteiger partial charge on any atom is -0.249 e. The molecule has 0 fully saturated rings. The van der Waals surface area contributed by atoms with E-state index in [1.165, 1.54) is 44.6 Å². The van der Waals surface area contributed by atoms with E-state index < -0.39 is 0 Å². The highest BCUT2D eigenvalue weighted by molar-refractivity contribution is 6.22. The Morgan fingerprint density at radius 2 is 0.925 bits per heavy atom. The molecule has 4 nitrogen and oxygen atoms in total. The van der Waals surface area contributed by atoms with Crippen molar-refractivity contribution in [1.82, 2.24) is 0 Å². The summed E-state index contributed by atoms with van der Waals surface area (Å²) in [6, 6.07) is 0. The zero-order chi connectivity index (χ0) is 28.6. The van der Waals surface area contributed by atoms with Crippen molar-refractivity contribution in [3.05, 3.63) is 91.7 Å². The van der Waals surface area contributed by atoms with Crippen molar-refractivity contribution in [3.8, 4) is 0 Å². The first-order chi connectivity index (χ1) is 19.5. The lowest BCUT2D eigenvalue weighted by Crippen LogP contribution is -2.07. The van der Waals surface area contributed by atoms with Crippen molar-refractivity contribution in [1.29, 1.82) is 0 Å². The van der Waals surface area contributed by atoms with Gasteiger partial charge in [0.1, 0.15) is 0 Å². The topological polar surface area (TPSA) is 49.4 Å². The van der Waals surface area contributed by atoms with Gasteiger partial charge >= 0.3 is 0 Å². The van der Waals surface area contributed by atoms with Gasteiger partial charge in [0.2, 0.25) is 0 Å². The first-order valence-corrected chi connectivity index (χ1v) is 15.6. The molecule has 5 rings (SSSR count). The van der Waals surface area contributed by atoms with Crippen molar-refractivity contribution in [3.63, 3.8) is 0 Å². The zero-order valence-electron chi connectivity index (χ0n) is 25.8.